The predicted octanol–water partition coefficient (Wildman–Crippen LogP) is 2.84. The van der Waals surface area contributed by atoms with Gasteiger partial charge in [0.15, 0.2) is 0 Å². The van der Waals surface area contributed by atoms with Crippen molar-refractivity contribution >= 4 is 11.6 Å². The van der Waals surface area contributed by atoms with E-state index in [1.165, 1.54) is 0 Å². The highest BCUT2D eigenvalue weighted by atomic mass is 16.5. The molecule has 0 radical (unpaired) electrons. The molecule has 6 heteroatoms. The molecule has 1 unspecified atom stereocenters. The van der Waals surface area contributed by atoms with Crippen LogP contribution in [0, 0.1) is 0 Å². The van der Waals surface area contributed by atoms with Crippen molar-refractivity contribution in [3.63, 3.8) is 0 Å². The van der Waals surface area contributed by atoms with Crippen LogP contribution in [0.25, 0.3) is 5.65 Å². The Balaban J connectivity index is 1.88. The molecule has 0 aliphatic carbocycles. The molecular formula is C18H19N3O3. The van der Waals surface area contributed by atoms with E-state index in [2.05, 4.69) is 10.3 Å². The molecule has 0 fully saturated rings. The van der Waals surface area contributed by atoms with Gasteiger partial charge in [-0.3, -0.25) is 9.20 Å². The van der Waals surface area contributed by atoms with Crippen LogP contribution in [0.15, 0.2) is 48.8 Å². The van der Waals surface area contributed by atoms with Gasteiger partial charge in [0.25, 0.3) is 5.91 Å². The Morgan fingerprint density at radius 3 is 2.79 bits per heavy atom. The molecule has 1 aromatic carbocycles. The van der Waals surface area contributed by atoms with Crippen LogP contribution in [0.4, 0.5) is 0 Å². The van der Waals surface area contributed by atoms with Crippen molar-refractivity contribution in [2.75, 3.05) is 14.2 Å². The molecule has 124 valence electrons. The Morgan fingerprint density at radius 1 is 1.21 bits per heavy atom. The van der Waals surface area contributed by atoms with E-state index in [0.29, 0.717) is 17.2 Å². The molecule has 0 saturated carbocycles. The number of carbonyl (C=O) groups is 1. The van der Waals surface area contributed by atoms with Gasteiger partial charge in [0.2, 0.25) is 0 Å². The second-order valence-corrected chi connectivity index (χ2v) is 5.37. The summed E-state index contributed by atoms with van der Waals surface area (Å²) in [5, 5.41) is 3.00. The van der Waals surface area contributed by atoms with Crippen molar-refractivity contribution in [2.24, 2.45) is 0 Å². The first kappa shape index (κ1) is 15.9. The van der Waals surface area contributed by atoms with Crippen molar-refractivity contribution in [3.8, 4) is 11.5 Å². The van der Waals surface area contributed by atoms with Crippen LogP contribution in [0.5, 0.6) is 11.5 Å². The summed E-state index contributed by atoms with van der Waals surface area (Å²) in [5.74, 6) is 1.23. The summed E-state index contributed by atoms with van der Waals surface area (Å²) in [7, 11) is 3.21. The zero-order valence-electron chi connectivity index (χ0n) is 13.8. The number of methoxy groups -OCH3 is 2. The fraction of sp³-hybridized carbons (Fsp3) is 0.222. The maximum Gasteiger partial charge on any atom is 0.268 e. The Kier molecular flexibility index (Phi) is 4.37. The zero-order chi connectivity index (χ0) is 17.1. The van der Waals surface area contributed by atoms with Crippen LogP contribution in [-0.4, -0.2) is 29.5 Å². The smallest absolute Gasteiger partial charge is 0.268 e. The number of rotatable bonds is 5. The van der Waals surface area contributed by atoms with Crippen LogP contribution in [-0.2, 0) is 0 Å². The fourth-order valence-corrected chi connectivity index (χ4v) is 2.66. The minimum absolute atomic E-state index is 0.184. The summed E-state index contributed by atoms with van der Waals surface area (Å²) < 4.78 is 12.4. The molecule has 1 atom stereocenters. The van der Waals surface area contributed by atoms with E-state index >= 15 is 0 Å². The van der Waals surface area contributed by atoms with Gasteiger partial charge in [0, 0.05) is 18.0 Å². The molecule has 0 aliphatic heterocycles. The number of benzene rings is 1. The number of imidazole rings is 1. The van der Waals surface area contributed by atoms with Gasteiger partial charge in [0.05, 0.1) is 20.3 Å². The third-order valence-electron chi connectivity index (χ3n) is 3.91. The van der Waals surface area contributed by atoms with Crippen molar-refractivity contribution in [1.29, 1.82) is 0 Å². The maximum atomic E-state index is 12.7. The van der Waals surface area contributed by atoms with Gasteiger partial charge in [-0.15, -0.1) is 0 Å². The van der Waals surface area contributed by atoms with Crippen LogP contribution in [0.1, 0.15) is 29.0 Å². The summed E-state index contributed by atoms with van der Waals surface area (Å²) in [4.78, 5) is 16.9. The molecule has 3 rings (SSSR count). The fourth-order valence-electron chi connectivity index (χ4n) is 2.66. The first-order valence-corrected chi connectivity index (χ1v) is 7.59. The van der Waals surface area contributed by atoms with Gasteiger partial charge < -0.3 is 14.8 Å². The zero-order valence-corrected chi connectivity index (χ0v) is 13.8. The van der Waals surface area contributed by atoms with E-state index in [1.54, 1.807) is 37.1 Å². The lowest BCUT2D eigenvalue weighted by Gasteiger charge is -2.18. The second kappa shape index (κ2) is 6.62. The van der Waals surface area contributed by atoms with Crippen LogP contribution in [0.2, 0.25) is 0 Å². The maximum absolute atomic E-state index is 12.7. The molecule has 24 heavy (non-hydrogen) atoms. The molecule has 0 spiro atoms. The Hall–Kier alpha value is -3.02. The summed E-state index contributed by atoms with van der Waals surface area (Å²) in [6.07, 6.45) is 3.43. The third kappa shape index (κ3) is 2.90. The summed E-state index contributed by atoms with van der Waals surface area (Å²) in [5.41, 5.74) is 2.11. The molecule has 1 N–H and O–H groups in total. The minimum Gasteiger partial charge on any atom is -0.497 e. The molecule has 0 aliphatic rings. The minimum atomic E-state index is -0.249. The van der Waals surface area contributed by atoms with Crippen molar-refractivity contribution < 1.29 is 14.3 Å². The number of hydrogen-bond donors (Lipinski definition) is 1. The Bertz CT molecular complexity index is 873. The average Bonchev–Trinajstić information content (AvgIpc) is 3.09. The number of carbonyl (C=O) groups excluding carboxylic acids is 1. The first-order chi connectivity index (χ1) is 11.6. The van der Waals surface area contributed by atoms with E-state index in [0.717, 1.165) is 11.2 Å². The highest BCUT2D eigenvalue weighted by molar-refractivity contribution is 5.93. The topological polar surface area (TPSA) is 64.9 Å². The van der Waals surface area contributed by atoms with Crippen molar-refractivity contribution in [2.45, 2.75) is 13.0 Å². The van der Waals surface area contributed by atoms with Gasteiger partial charge >= 0.3 is 0 Å². The van der Waals surface area contributed by atoms with Gasteiger partial charge in [-0.2, -0.15) is 0 Å². The van der Waals surface area contributed by atoms with E-state index in [-0.39, 0.29) is 11.9 Å². The van der Waals surface area contributed by atoms with E-state index in [4.69, 9.17) is 9.47 Å². The highest BCUT2D eigenvalue weighted by Crippen LogP contribution is 2.29. The van der Waals surface area contributed by atoms with Gasteiger partial charge in [-0.25, -0.2) is 4.98 Å². The summed E-state index contributed by atoms with van der Waals surface area (Å²) in [6, 6.07) is 10.7. The molecule has 3 aromatic rings. The molecule has 6 nitrogen and oxygen atoms in total. The number of fused-ring (bicyclic) bond motifs is 1. The second-order valence-electron chi connectivity index (χ2n) is 5.37. The average molecular weight is 325 g/mol. The molecule has 0 saturated heterocycles. The highest BCUT2D eigenvalue weighted by Gasteiger charge is 2.17. The normalized spacial score (nSPS) is 12.0. The summed E-state index contributed by atoms with van der Waals surface area (Å²) in [6.45, 7) is 1.91. The van der Waals surface area contributed by atoms with Crippen molar-refractivity contribution in [1.82, 2.24) is 14.7 Å². The van der Waals surface area contributed by atoms with E-state index < -0.39 is 0 Å². The van der Waals surface area contributed by atoms with E-state index in [1.807, 2.05) is 37.3 Å². The van der Waals surface area contributed by atoms with Crippen LogP contribution >= 0.6 is 0 Å². The van der Waals surface area contributed by atoms with E-state index in [9.17, 15) is 4.79 Å². The van der Waals surface area contributed by atoms with Crippen LogP contribution in [0.3, 0.4) is 0 Å². The predicted molar refractivity (Wildman–Crippen MR) is 90.6 cm³/mol. The van der Waals surface area contributed by atoms with Gasteiger partial charge in [-0.05, 0) is 37.3 Å². The molecule has 0 bridgehead atoms. The quantitative estimate of drug-likeness (QED) is 0.783. The Labute approximate surface area is 140 Å². The van der Waals surface area contributed by atoms with Gasteiger partial charge in [-0.1, -0.05) is 6.07 Å². The molecule has 1 amide bonds. The molecular weight excluding hydrogens is 306 g/mol. The van der Waals surface area contributed by atoms with Crippen molar-refractivity contribution in [3.05, 3.63) is 60.0 Å². The van der Waals surface area contributed by atoms with Crippen LogP contribution < -0.4 is 14.8 Å². The molecule has 2 heterocycles. The lowest BCUT2D eigenvalue weighted by atomic mass is 10.1. The first-order valence-electron chi connectivity index (χ1n) is 7.59. The number of pyridine rings is 1. The third-order valence-corrected chi connectivity index (χ3v) is 3.91. The molecule has 2 aromatic heterocycles. The number of nitrogens with zero attached hydrogens (tertiary/aromatic N) is 2. The largest absolute Gasteiger partial charge is 0.497 e. The Morgan fingerprint density at radius 2 is 2.04 bits per heavy atom. The standard InChI is InChI=1S/C18H19N3O3/c1-12(14-11-13(23-2)7-8-16(14)24-3)20-18(22)15-5-4-6-17-19-9-10-21(15)17/h4-12H,1-3H3,(H,20,22). The number of ether oxygens (including phenoxy) is 2. The monoisotopic (exact) mass is 325 g/mol. The number of aromatic nitrogens is 2. The lowest BCUT2D eigenvalue weighted by Crippen LogP contribution is -2.28. The van der Waals surface area contributed by atoms with Gasteiger partial charge in [0.1, 0.15) is 22.8 Å². The number of hydrogen-bond acceptors (Lipinski definition) is 4. The number of amides is 1. The lowest BCUT2D eigenvalue weighted by molar-refractivity contribution is 0.0933. The SMILES string of the molecule is COc1ccc(OC)c(C(C)NC(=O)c2cccc3nccn23)c1. The number of nitrogens with one attached hydrogen (secondary N) is 1. The summed E-state index contributed by atoms with van der Waals surface area (Å²) >= 11 is 0.